The van der Waals surface area contributed by atoms with Gasteiger partial charge in [0.2, 0.25) is 0 Å². The van der Waals surface area contributed by atoms with Gasteiger partial charge in [-0.2, -0.15) is 0 Å². The van der Waals surface area contributed by atoms with E-state index in [4.69, 9.17) is 0 Å². The van der Waals surface area contributed by atoms with E-state index in [0.29, 0.717) is 25.2 Å². The van der Waals surface area contributed by atoms with Crippen molar-refractivity contribution in [1.82, 2.24) is 25.5 Å². The number of hydrogen-bond donors (Lipinski definition) is 3. The quantitative estimate of drug-likeness (QED) is 0.247. The number of carbonyl (C=O) groups is 1. The van der Waals surface area contributed by atoms with Gasteiger partial charge in [0.1, 0.15) is 5.82 Å². The van der Waals surface area contributed by atoms with Gasteiger partial charge in [-0.1, -0.05) is 42.5 Å². The highest BCUT2D eigenvalue weighted by Gasteiger charge is 2.10. The summed E-state index contributed by atoms with van der Waals surface area (Å²) in [5.74, 6) is 1.58. The fourth-order valence-electron chi connectivity index (χ4n) is 3.11. The molecule has 31 heavy (non-hydrogen) atoms. The van der Waals surface area contributed by atoms with Gasteiger partial charge in [0.05, 0.1) is 18.4 Å². The van der Waals surface area contributed by atoms with Crippen LogP contribution in [0.25, 0.3) is 11.3 Å². The normalized spacial score (nSPS) is 10.9. The average molecular weight is 532 g/mol. The Balaban J connectivity index is 0.00000341. The van der Waals surface area contributed by atoms with Crippen LogP contribution in [0.5, 0.6) is 0 Å². The van der Waals surface area contributed by atoms with Crippen molar-refractivity contribution in [2.24, 2.45) is 4.99 Å². The van der Waals surface area contributed by atoms with Crippen molar-refractivity contribution in [2.45, 2.75) is 20.0 Å². The van der Waals surface area contributed by atoms with E-state index in [0.717, 1.165) is 28.6 Å². The standard InChI is InChI=1S/C23H28N6O.HI/c1-4-25-22(30)19-12-10-17(11-13-19)14-27-23(24-2)29(3)16-21-26-15-20(28-21)18-8-6-5-7-9-18;/h5-13,15H,4,14,16H2,1-3H3,(H,24,27)(H,25,30)(H,26,28);1H. The molecule has 0 fully saturated rings. The molecule has 0 aliphatic carbocycles. The summed E-state index contributed by atoms with van der Waals surface area (Å²) in [4.78, 5) is 26.1. The number of nitrogens with zero attached hydrogens (tertiary/aromatic N) is 3. The highest BCUT2D eigenvalue weighted by atomic mass is 127. The van der Waals surface area contributed by atoms with Crippen molar-refractivity contribution in [3.63, 3.8) is 0 Å². The maximum absolute atomic E-state index is 11.9. The first-order valence-electron chi connectivity index (χ1n) is 9.99. The predicted octanol–water partition coefficient (Wildman–Crippen LogP) is 3.65. The second-order valence-corrected chi connectivity index (χ2v) is 6.92. The molecule has 2 aromatic carbocycles. The molecule has 1 amide bonds. The Kier molecular flexibility index (Phi) is 9.51. The molecule has 7 nitrogen and oxygen atoms in total. The largest absolute Gasteiger partial charge is 0.352 e. The lowest BCUT2D eigenvalue weighted by molar-refractivity contribution is 0.0956. The van der Waals surface area contributed by atoms with Gasteiger partial charge in [-0.05, 0) is 30.2 Å². The summed E-state index contributed by atoms with van der Waals surface area (Å²) in [5.41, 5.74) is 3.84. The van der Waals surface area contributed by atoms with Crippen molar-refractivity contribution >= 4 is 35.8 Å². The van der Waals surface area contributed by atoms with Crippen LogP contribution in [0.1, 0.15) is 28.7 Å². The number of halogens is 1. The van der Waals surface area contributed by atoms with Crippen LogP contribution < -0.4 is 10.6 Å². The molecule has 0 unspecified atom stereocenters. The van der Waals surface area contributed by atoms with Gasteiger partial charge in [-0.25, -0.2) is 4.98 Å². The smallest absolute Gasteiger partial charge is 0.251 e. The molecule has 3 aromatic rings. The lowest BCUT2D eigenvalue weighted by Crippen LogP contribution is -2.38. The summed E-state index contributed by atoms with van der Waals surface area (Å²) < 4.78 is 0. The van der Waals surface area contributed by atoms with Gasteiger partial charge in [0.25, 0.3) is 5.91 Å². The van der Waals surface area contributed by atoms with Gasteiger partial charge in [0, 0.05) is 32.7 Å². The van der Waals surface area contributed by atoms with Gasteiger partial charge in [-0.3, -0.25) is 9.79 Å². The summed E-state index contributed by atoms with van der Waals surface area (Å²) in [5, 5.41) is 6.15. The number of rotatable bonds is 7. The summed E-state index contributed by atoms with van der Waals surface area (Å²) in [7, 11) is 3.73. The molecule has 164 valence electrons. The number of H-pyrrole nitrogens is 1. The van der Waals surface area contributed by atoms with E-state index in [-0.39, 0.29) is 29.9 Å². The Bertz CT molecular complexity index is 985. The minimum Gasteiger partial charge on any atom is -0.352 e. The molecule has 8 heteroatoms. The van der Waals surface area contributed by atoms with Crippen LogP contribution in [0.3, 0.4) is 0 Å². The molecule has 0 radical (unpaired) electrons. The summed E-state index contributed by atoms with van der Waals surface area (Å²) in [6.07, 6.45) is 1.85. The number of aromatic amines is 1. The van der Waals surface area contributed by atoms with Crippen LogP contribution in [-0.4, -0.2) is 47.4 Å². The zero-order valence-corrected chi connectivity index (χ0v) is 20.4. The number of hydrogen-bond acceptors (Lipinski definition) is 3. The van der Waals surface area contributed by atoms with E-state index in [1.807, 2.05) is 67.5 Å². The Morgan fingerprint density at radius 1 is 1.10 bits per heavy atom. The van der Waals surface area contributed by atoms with E-state index < -0.39 is 0 Å². The third-order valence-corrected chi connectivity index (χ3v) is 4.68. The SMILES string of the molecule is CCNC(=O)c1ccc(CNC(=NC)N(C)Cc2ncc(-c3ccccc3)[nH]2)cc1.I. The summed E-state index contributed by atoms with van der Waals surface area (Å²) >= 11 is 0. The van der Waals surface area contributed by atoms with Crippen molar-refractivity contribution in [3.8, 4) is 11.3 Å². The number of guanidine groups is 1. The Morgan fingerprint density at radius 3 is 2.45 bits per heavy atom. The van der Waals surface area contributed by atoms with Crippen LogP contribution in [0.2, 0.25) is 0 Å². The first-order chi connectivity index (χ1) is 14.6. The lowest BCUT2D eigenvalue weighted by atomic mass is 10.1. The van der Waals surface area contributed by atoms with E-state index in [1.54, 1.807) is 7.05 Å². The van der Waals surface area contributed by atoms with Crippen LogP contribution in [0, 0.1) is 0 Å². The van der Waals surface area contributed by atoms with E-state index in [1.165, 1.54) is 0 Å². The molecular weight excluding hydrogens is 503 g/mol. The maximum Gasteiger partial charge on any atom is 0.251 e. The zero-order chi connectivity index (χ0) is 21.3. The van der Waals surface area contributed by atoms with Crippen molar-refractivity contribution in [2.75, 3.05) is 20.6 Å². The van der Waals surface area contributed by atoms with E-state index in [2.05, 4.69) is 37.7 Å². The number of nitrogens with one attached hydrogen (secondary N) is 3. The van der Waals surface area contributed by atoms with Gasteiger partial charge < -0.3 is 20.5 Å². The minimum atomic E-state index is -0.0547. The number of imidazole rings is 1. The summed E-state index contributed by atoms with van der Waals surface area (Å²) in [6, 6.07) is 17.7. The van der Waals surface area contributed by atoms with Crippen molar-refractivity contribution < 1.29 is 4.79 Å². The molecule has 3 N–H and O–H groups in total. The number of benzene rings is 2. The molecule has 0 atom stereocenters. The molecule has 0 aliphatic heterocycles. The topological polar surface area (TPSA) is 85.4 Å². The Labute approximate surface area is 200 Å². The number of aliphatic imine (C=N–C) groups is 1. The second-order valence-electron chi connectivity index (χ2n) is 6.92. The number of carbonyl (C=O) groups excluding carboxylic acids is 1. The fraction of sp³-hybridized carbons (Fsp3) is 0.261. The predicted molar refractivity (Wildman–Crippen MR) is 136 cm³/mol. The molecule has 1 heterocycles. The monoisotopic (exact) mass is 532 g/mol. The minimum absolute atomic E-state index is 0. The molecule has 0 saturated heterocycles. The number of aromatic nitrogens is 2. The molecule has 0 saturated carbocycles. The Morgan fingerprint density at radius 2 is 1.81 bits per heavy atom. The van der Waals surface area contributed by atoms with Crippen LogP contribution in [-0.2, 0) is 13.1 Å². The van der Waals surface area contributed by atoms with Gasteiger partial charge >= 0.3 is 0 Å². The molecule has 0 bridgehead atoms. The zero-order valence-electron chi connectivity index (χ0n) is 18.1. The Hall–Kier alpha value is -2.88. The third-order valence-electron chi connectivity index (χ3n) is 4.68. The lowest BCUT2D eigenvalue weighted by Gasteiger charge is -2.21. The van der Waals surface area contributed by atoms with E-state index >= 15 is 0 Å². The fourth-order valence-corrected chi connectivity index (χ4v) is 3.11. The average Bonchev–Trinajstić information content (AvgIpc) is 3.24. The van der Waals surface area contributed by atoms with Gasteiger partial charge in [-0.15, -0.1) is 24.0 Å². The molecule has 3 rings (SSSR count). The molecule has 0 aliphatic rings. The van der Waals surface area contributed by atoms with Gasteiger partial charge in [0.15, 0.2) is 5.96 Å². The van der Waals surface area contributed by atoms with Crippen LogP contribution in [0.4, 0.5) is 0 Å². The first-order valence-corrected chi connectivity index (χ1v) is 9.99. The second kappa shape index (κ2) is 12.1. The highest BCUT2D eigenvalue weighted by Crippen LogP contribution is 2.16. The van der Waals surface area contributed by atoms with Crippen molar-refractivity contribution in [1.29, 1.82) is 0 Å². The maximum atomic E-state index is 11.9. The third kappa shape index (κ3) is 6.81. The molecule has 1 aromatic heterocycles. The summed E-state index contributed by atoms with van der Waals surface area (Å²) in [6.45, 7) is 3.74. The van der Waals surface area contributed by atoms with Crippen molar-refractivity contribution in [3.05, 3.63) is 77.7 Å². The number of amides is 1. The highest BCUT2D eigenvalue weighted by molar-refractivity contribution is 14.0. The molecular formula is C23H29IN6O. The first kappa shape index (κ1) is 24.4. The van der Waals surface area contributed by atoms with E-state index in [9.17, 15) is 4.79 Å². The van der Waals surface area contributed by atoms with Crippen LogP contribution >= 0.6 is 24.0 Å². The van der Waals surface area contributed by atoms with Crippen LogP contribution in [0.15, 0.2) is 65.8 Å². The molecule has 0 spiro atoms.